The number of alkyl halides is 2. The van der Waals surface area contributed by atoms with Crippen molar-refractivity contribution in [3.05, 3.63) is 58.1 Å². The Morgan fingerprint density at radius 2 is 2.32 bits per heavy atom. The molecule has 1 aliphatic rings. The van der Waals surface area contributed by atoms with Crippen LogP contribution in [-0.4, -0.2) is 36.4 Å². The van der Waals surface area contributed by atoms with E-state index in [1.54, 1.807) is 0 Å². The molecule has 3 rings (SSSR count). The minimum atomic E-state index is -3.16. The number of halogens is 4. The Morgan fingerprint density at radius 1 is 1.54 bits per heavy atom. The molecule has 0 spiro atoms. The fourth-order valence-corrected chi connectivity index (χ4v) is 2.86. The Bertz CT molecular complexity index is 1070. The van der Waals surface area contributed by atoms with Gasteiger partial charge in [-0.1, -0.05) is 11.6 Å². The van der Waals surface area contributed by atoms with E-state index in [0.29, 0.717) is 0 Å². The van der Waals surface area contributed by atoms with Gasteiger partial charge in [-0.15, -0.1) is 0 Å². The number of nitrogens with two attached hydrogens (primary N) is 1. The van der Waals surface area contributed by atoms with Gasteiger partial charge in [0.1, 0.15) is 24.0 Å². The van der Waals surface area contributed by atoms with Crippen LogP contribution in [0.2, 0.25) is 5.02 Å². The molecule has 0 fully saturated rings. The maximum Gasteiger partial charge on any atom is 0.274 e. The summed E-state index contributed by atoms with van der Waals surface area (Å²) in [6.45, 7) is -1.30. The third-order valence-electron chi connectivity index (χ3n) is 3.99. The number of aromatic nitrogens is 1. The summed E-state index contributed by atoms with van der Waals surface area (Å²) < 4.78 is 70.4. The molecule has 1 aromatic carbocycles. The van der Waals surface area contributed by atoms with Gasteiger partial charge in [-0.25, -0.2) is 18.2 Å². The predicted molar refractivity (Wildman–Crippen MR) is 98.5 cm³/mol. The van der Waals surface area contributed by atoms with Crippen molar-refractivity contribution in [3.8, 4) is 0 Å². The van der Waals surface area contributed by atoms with Crippen LogP contribution in [0.25, 0.3) is 0 Å². The average molecular weight is 416 g/mol. The van der Waals surface area contributed by atoms with Crippen molar-refractivity contribution in [2.45, 2.75) is 18.9 Å². The number of hydrogen-bond donors (Lipinski definition) is 2. The standard InChI is InChI=1S/C18H16ClF3N4O2/c1-9-4-10(19)6-24-15(9)16(27)25-11-2-3-13(20)12(5-11)18(17(21)22)8-28-7-14(23)26-18/h2-6,17H,7-8H2,1H3,(H2,23,26)(H,25,27)/i1D,4D,6D. The Labute approximate surface area is 167 Å². The lowest BCUT2D eigenvalue weighted by Gasteiger charge is -2.33. The molecule has 1 amide bonds. The van der Waals surface area contributed by atoms with E-state index >= 15 is 0 Å². The Balaban J connectivity index is 2.02. The second-order valence-electron chi connectivity index (χ2n) is 5.96. The van der Waals surface area contributed by atoms with Gasteiger partial charge in [-0.05, 0) is 36.7 Å². The molecule has 1 aliphatic heterocycles. The van der Waals surface area contributed by atoms with E-state index in [0.717, 1.165) is 18.2 Å². The number of benzene rings is 1. The van der Waals surface area contributed by atoms with Gasteiger partial charge < -0.3 is 15.8 Å². The maximum atomic E-state index is 14.5. The molecule has 0 bridgehead atoms. The number of ether oxygens (including phenoxy) is 1. The largest absolute Gasteiger partial charge is 0.385 e. The van der Waals surface area contributed by atoms with Gasteiger partial charge in [0.05, 0.1) is 14.4 Å². The highest BCUT2D eigenvalue weighted by atomic mass is 35.5. The van der Waals surface area contributed by atoms with Gasteiger partial charge in [-0.2, -0.15) is 0 Å². The highest BCUT2D eigenvalue weighted by Crippen LogP contribution is 2.38. The first-order valence-corrected chi connectivity index (χ1v) is 8.24. The van der Waals surface area contributed by atoms with Crippen molar-refractivity contribution in [3.63, 3.8) is 0 Å². The zero-order valence-corrected chi connectivity index (χ0v) is 15.0. The number of pyridine rings is 1. The maximum absolute atomic E-state index is 14.5. The number of rotatable bonds is 4. The van der Waals surface area contributed by atoms with Crippen LogP contribution in [0.5, 0.6) is 0 Å². The molecule has 0 saturated carbocycles. The summed E-state index contributed by atoms with van der Waals surface area (Å²) in [6.07, 6.45) is -3.69. The van der Waals surface area contributed by atoms with E-state index in [4.69, 9.17) is 26.2 Å². The van der Waals surface area contributed by atoms with Crippen molar-refractivity contribution in [1.29, 1.82) is 0 Å². The normalized spacial score (nSPS) is 20.9. The molecule has 6 nitrogen and oxygen atoms in total. The van der Waals surface area contributed by atoms with Crippen molar-refractivity contribution in [2.75, 3.05) is 18.5 Å². The third-order valence-corrected chi connectivity index (χ3v) is 4.17. The van der Waals surface area contributed by atoms with Crippen molar-refractivity contribution < 1.29 is 26.8 Å². The molecule has 0 saturated heterocycles. The van der Waals surface area contributed by atoms with Crippen molar-refractivity contribution in [1.82, 2.24) is 4.98 Å². The molecular weight excluding hydrogens is 397 g/mol. The fourth-order valence-electron chi connectivity index (χ4n) is 2.70. The molecule has 3 N–H and O–H groups in total. The molecule has 28 heavy (non-hydrogen) atoms. The topological polar surface area (TPSA) is 89.6 Å². The number of carbonyl (C=O) groups excluding carboxylic acids is 1. The number of amides is 1. The SMILES string of the molecule is [2H]Cc1c(C(=O)Nc2ccc(F)c(C3(C(F)F)COCC(N)=N3)c2)nc([2H])c(Cl)c1[2H]. The second-order valence-corrected chi connectivity index (χ2v) is 6.34. The second kappa shape index (κ2) is 7.76. The third kappa shape index (κ3) is 3.81. The first-order chi connectivity index (χ1) is 14.6. The van der Waals surface area contributed by atoms with E-state index in [1.165, 1.54) is 0 Å². The number of aliphatic imine (C=N–C) groups is 1. The monoisotopic (exact) mass is 415 g/mol. The average Bonchev–Trinajstić information content (AvgIpc) is 2.72. The zero-order valence-electron chi connectivity index (χ0n) is 17.2. The molecule has 0 radical (unpaired) electrons. The molecule has 1 unspecified atom stereocenters. The first-order valence-electron chi connectivity index (χ1n) is 9.57. The van der Waals surface area contributed by atoms with Gasteiger partial charge in [0.25, 0.3) is 12.3 Å². The van der Waals surface area contributed by atoms with Crippen LogP contribution in [0.4, 0.5) is 18.9 Å². The van der Waals surface area contributed by atoms with Crippen molar-refractivity contribution in [2.24, 2.45) is 10.7 Å². The van der Waals surface area contributed by atoms with E-state index in [1.807, 2.05) is 0 Å². The minimum absolute atomic E-state index is 0.0773. The van der Waals surface area contributed by atoms with Gasteiger partial charge in [0, 0.05) is 18.8 Å². The first kappa shape index (κ1) is 16.3. The number of amidine groups is 1. The molecule has 10 heteroatoms. The summed E-state index contributed by atoms with van der Waals surface area (Å²) in [5.74, 6) is -2.15. The Morgan fingerprint density at radius 3 is 3.00 bits per heavy atom. The number of hydrogen-bond acceptors (Lipinski definition) is 5. The van der Waals surface area contributed by atoms with Crippen LogP contribution >= 0.6 is 11.6 Å². The van der Waals surface area contributed by atoms with Gasteiger partial charge in [0.15, 0.2) is 5.54 Å². The van der Waals surface area contributed by atoms with Crippen LogP contribution in [0.3, 0.4) is 0 Å². The Hall–Kier alpha value is -2.65. The van der Waals surface area contributed by atoms with Crippen molar-refractivity contribution >= 4 is 29.0 Å². The predicted octanol–water partition coefficient (Wildman–Crippen LogP) is 3.28. The molecule has 2 heterocycles. The molecule has 0 aliphatic carbocycles. The number of anilines is 1. The summed E-state index contributed by atoms with van der Waals surface area (Å²) in [5.41, 5.74) is 2.01. The van der Waals surface area contributed by atoms with E-state index in [-0.39, 0.29) is 34.8 Å². The highest BCUT2D eigenvalue weighted by molar-refractivity contribution is 6.30. The van der Waals surface area contributed by atoms with Crippen LogP contribution in [0.1, 0.15) is 25.7 Å². The van der Waals surface area contributed by atoms with E-state index < -0.39 is 54.6 Å². The number of carbonyl (C=O) groups is 1. The lowest BCUT2D eigenvalue weighted by molar-refractivity contribution is -0.0145. The summed E-state index contributed by atoms with van der Waals surface area (Å²) >= 11 is 5.78. The highest BCUT2D eigenvalue weighted by Gasteiger charge is 2.46. The van der Waals surface area contributed by atoms with E-state index in [2.05, 4.69) is 15.3 Å². The molecule has 1 aromatic heterocycles. The quantitative estimate of drug-likeness (QED) is 0.801. The van der Waals surface area contributed by atoms with Gasteiger partial charge >= 0.3 is 0 Å². The fraction of sp³-hybridized carbons (Fsp3) is 0.278. The lowest BCUT2D eigenvalue weighted by Crippen LogP contribution is -2.45. The number of nitrogens with one attached hydrogen (secondary N) is 1. The molecule has 148 valence electrons. The smallest absolute Gasteiger partial charge is 0.274 e. The summed E-state index contributed by atoms with van der Waals surface area (Å²) in [6, 6.07) is 2.60. The van der Waals surface area contributed by atoms with E-state index in [9.17, 15) is 18.0 Å². The Kier molecular flexibility index (Phi) is 4.53. The molecular formula is C18H16ClF3N4O2. The minimum Gasteiger partial charge on any atom is -0.385 e. The summed E-state index contributed by atoms with van der Waals surface area (Å²) in [7, 11) is 0. The zero-order chi connectivity index (χ0) is 22.9. The number of nitrogens with zero attached hydrogens (tertiary/aromatic N) is 2. The van der Waals surface area contributed by atoms with Crippen LogP contribution < -0.4 is 11.1 Å². The summed E-state index contributed by atoms with van der Waals surface area (Å²) in [4.78, 5) is 20.1. The molecule has 2 aromatic rings. The van der Waals surface area contributed by atoms with Crippen LogP contribution in [-0.2, 0) is 10.3 Å². The lowest BCUT2D eigenvalue weighted by atomic mass is 9.90. The van der Waals surface area contributed by atoms with Crippen LogP contribution in [0.15, 0.2) is 35.4 Å². The van der Waals surface area contributed by atoms with Gasteiger partial charge in [-0.3, -0.25) is 9.79 Å². The summed E-state index contributed by atoms with van der Waals surface area (Å²) in [5, 5.41) is 2.04. The van der Waals surface area contributed by atoms with Gasteiger partial charge in [0.2, 0.25) is 0 Å². The van der Waals surface area contributed by atoms with Crippen LogP contribution in [0, 0.1) is 12.7 Å². The molecule has 1 atom stereocenters.